The van der Waals surface area contributed by atoms with E-state index in [1.54, 1.807) is 11.3 Å². The molecule has 2 aromatic rings. The Kier molecular flexibility index (Phi) is 5.28. The smallest absolute Gasteiger partial charge is 0.0929 e. The van der Waals surface area contributed by atoms with Crippen LogP contribution < -0.4 is 0 Å². The number of aryl methyl sites for hydroxylation is 2. The highest BCUT2D eigenvalue weighted by molar-refractivity contribution is 7.09. The molecule has 1 unspecified atom stereocenters. The van der Waals surface area contributed by atoms with Gasteiger partial charge in [0, 0.05) is 18.4 Å². The van der Waals surface area contributed by atoms with E-state index in [2.05, 4.69) is 29.2 Å². The van der Waals surface area contributed by atoms with Gasteiger partial charge in [-0.2, -0.15) is 0 Å². The summed E-state index contributed by atoms with van der Waals surface area (Å²) in [5, 5.41) is 3.21. The van der Waals surface area contributed by atoms with Crippen molar-refractivity contribution in [3.05, 3.63) is 51.5 Å². The van der Waals surface area contributed by atoms with E-state index >= 15 is 0 Å². The van der Waals surface area contributed by atoms with Gasteiger partial charge in [0.15, 0.2) is 0 Å². The van der Waals surface area contributed by atoms with E-state index in [0.29, 0.717) is 5.88 Å². The van der Waals surface area contributed by atoms with E-state index in [0.717, 1.165) is 31.6 Å². The third-order valence-corrected chi connectivity index (χ3v) is 5.14. The van der Waals surface area contributed by atoms with Crippen molar-refractivity contribution in [2.75, 3.05) is 6.61 Å². The minimum absolute atomic E-state index is 0.282. The Labute approximate surface area is 135 Å². The van der Waals surface area contributed by atoms with Crippen LogP contribution in [0.2, 0.25) is 0 Å². The molecule has 0 saturated carbocycles. The Morgan fingerprint density at radius 2 is 2.24 bits per heavy atom. The average Bonchev–Trinajstić information content (AvgIpc) is 3.00. The quantitative estimate of drug-likeness (QED) is 0.557. The fraction of sp³-hybridized carbons (Fsp3) is 0.471. The highest BCUT2D eigenvalue weighted by Gasteiger charge is 2.19. The van der Waals surface area contributed by atoms with E-state index in [1.165, 1.54) is 29.0 Å². The normalized spacial score (nSPS) is 17.7. The van der Waals surface area contributed by atoms with Gasteiger partial charge >= 0.3 is 0 Å². The first-order valence-corrected chi connectivity index (χ1v) is 8.97. The molecule has 0 amide bonds. The molecule has 21 heavy (non-hydrogen) atoms. The van der Waals surface area contributed by atoms with Crippen LogP contribution in [0.5, 0.6) is 0 Å². The summed E-state index contributed by atoms with van der Waals surface area (Å²) in [6, 6.07) is 8.68. The van der Waals surface area contributed by atoms with Crippen molar-refractivity contribution in [3.63, 3.8) is 0 Å². The maximum absolute atomic E-state index is 6.12. The van der Waals surface area contributed by atoms with Crippen LogP contribution in [0, 0.1) is 0 Å². The number of nitrogens with zero attached hydrogens (tertiary/aromatic N) is 1. The lowest BCUT2D eigenvalue weighted by molar-refractivity contribution is 0.0394. The molecular formula is C17H20ClNOS. The Hall–Kier alpha value is -0.900. The second-order valence-corrected chi connectivity index (χ2v) is 6.63. The van der Waals surface area contributed by atoms with Gasteiger partial charge in [-0.1, -0.05) is 24.3 Å². The topological polar surface area (TPSA) is 22.1 Å². The maximum atomic E-state index is 6.12. The zero-order valence-electron chi connectivity index (χ0n) is 12.1. The molecule has 1 aromatic heterocycles. The van der Waals surface area contributed by atoms with E-state index in [4.69, 9.17) is 16.3 Å². The van der Waals surface area contributed by atoms with E-state index in [-0.39, 0.29) is 6.10 Å². The van der Waals surface area contributed by atoms with Gasteiger partial charge < -0.3 is 4.74 Å². The second-order valence-electron chi connectivity index (χ2n) is 5.42. The van der Waals surface area contributed by atoms with E-state index in [9.17, 15) is 0 Å². The van der Waals surface area contributed by atoms with Crippen LogP contribution in [0.4, 0.5) is 0 Å². The standard InChI is InChI=1S/C17H20ClNOS/c18-11-14-12-21-17(19-14)9-4-10-20-16-8-3-6-13-5-1-2-7-15(13)16/h1-2,5,7,12,16H,3-4,6,8-11H2. The number of alkyl halides is 1. The van der Waals surface area contributed by atoms with Crippen LogP contribution in [0.3, 0.4) is 0 Å². The molecule has 1 aliphatic carbocycles. The number of halogens is 1. The van der Waals surface area contributed by atoms with Crippen molar-refractivity contribution < 1.29 is 4.74 Å². The molecule has 0 fully saturated rings. The molecule has 0 radical (unpaired) electrons. The second kappa shape index (κ2) is 7.39. The Bertz CT molecular complexity index is 584. The molecule has 1 heterocycles. The van der Waals surface area contributed by atoms with Crippen LogP contribution in [0.25, 0.3) is 0 Å². The number of ether oxygens (including phenoxy) is 1. The number of hydrogen-bond donors (Lipinski definition) is 0. The summed E-state index contributed by atoms with van der Waals surface area (Å²) in [4.78, 5) is 4.48. The zero-order valence-corrected chi connectivity index (χ0v) is 13.6. The lowest BCUT2D eigenvalue weighted by Gasteiger charge is -2.25. The number of aromatic nitrogens is 1. The molecule has 0 N–H and O–H groups in total. The van der Waals surface area contributed by atoms with Crippen molar-refractivity contribution in [3.8, 4) is 0 Å². The molecule has 4 heteroatoms. The van der Waals surface area contributed by atoms with Gasteiger partial charge in [-0.3, -0.25) is 0 Å². The van der Waals surface area contributed by atoms with Crippen molar-refractivity contribution >= 4 is 22.9 Å². The van der Waals surface area contributed by atoms with Crippen LogP contribution in [-0.2, 0) is 23.5 Å². The first-order valence-electron chi connectivity index (χ1n) is 7.55. The largest absolute Gasteiger partial charge is 0.374 e. The van der Waals surface area contributed by atoms with Crippen molar-refractivity contribution in [1.82, 2.24) is 4.98 Å². The minimum atomic E-state index is 0.282. The molecule has 0 aliphatic heterocycles. The maximum Gasteiger partial charge on any atom is 0.0929 e. The minimum Gasteiger partial charge on any atom is -0.374 e. The molecule has 3 rings (SSSR count). The van der Waals surface area contributed by atoms with Crippen LogP contribution in [0.1, 0.15) is 47.2 Å². The van der Waals surface area contributed by atoms with Gasteiger partial charge in [-0.25, -0.2) is 4.98 Å². The van der Waals surface area contributed by atoms with Crippen LogP contribution in [0.15, 0.2) is 29.6 Å². The number of thiazole rings is 1. The summed E-state index contributed by atoms with van der Waals surface area (Å²) in [5.41, 5.74) is 3.83. The molecule has 1 aromatic carbocycles. The Morgan fingerprint density at radius 3 is 3.10 bits per heavy atom. The summed E-state index contributed by atoms with van der Waals surface area (Å²) in [6.07, 6.45) is 5.85. The van der Waals surface area contributed by atoms with Crippen molar-refractivity contribution in [2.24, 2.45) is 0 Å². The molecule has 0 bridgehead atoms. The van der Waals surface area contributed by atoms with Gasteiger partial charge in [0.25, 0.3) is 0 Å². The summed E-state index contributed by atoms with van der Waals surface area (Å²) in [7, 11) is 0. The molecular weight excluding hydrogens is 302 g/mol. The number of rotatable bonds is 6. The van der Waals surface area contributed by atoms with Gasteiger partial charge in [-0.15, -0.1) is 22.9 Å². The summed E-state index contributed by atoms with van der Waals surface area (Å²) in [6.45, 7) is 0.800. The number of fused-ring (bicyclic) bond motifs is 1. The Balaban J connectivity index is 1.48. The lowest BCUT2D eigenvalue weighted by Crippen LogP contribution is -2.13. The zero-order chi connectivity index (χ0) is 14.5. The van der Waals surface area contributed by atoms with E-state index < -0.39 is 0 Å². The molecule has 112 valence electrons. The van der Waals surface area contributed by atoms with Crippen molar-refractivity contribution in [1.29, 1.82) is 0 Å². The average molecular weight is 322 g/mol. The molecule has 1 aliphatic rings. The Morgan fingerprint density at radius 1 is 1.33 bits per heavy atom. The molecule has 1 atom stereocenters. The first-order chi connectivity index (χ1) is 10.4. The highest BCUT2D eigenvalue weighted by Crippen LogP contribution is 2.32. The fourth-order valence-corrected chi connectivity index (χ4v) is 3.93. The van der Waals surface area contributed by atoms with Crippen molar-refractivity contribution in [2.45, 2.75) is 44.1 Å². The highest BCUT2D eigenvalue weighted by atomic mass is 35.5. The number of benzene rings is 1. The third kappa shape index (κ3) is 3.85. The molecule has 0 saturated heterocycles. The predicted molar refractivity (Wildman–Crippen MR) is 88.1 cm³/mol. The van der Waals surface area contributed by atoms with E-state index in [1.807, 2.05) is 5.38 Å². The summed E-state index contributed by atoms with van der Waals surface area (Å²) in [5.74, 6) is 0.506. The number of hydrogen-bond acceptors (Lipinski definition) is 3. The third-order valence-electron chi connectivity index (χ3n) is 3.90. The SMILES string of the molecule is ClCc1csc(CCCOC2CCCc3ccccc32)n1. The monoisotopic (exact) mass is 321 g/mol. The molecule has 0 spiro atoms. The van der Waals surface area contributed by atoms with Gasteiger partial charge in [0.1, 0.15) is 0 Å². The van der Waals surface area contributed by atoms with Gasteiger partial charge in [0.2, 0.25) is 0 Å². The van der Waals surface area contributed by atoms with Gasteiger partial charge in [-0.05, 0) is 36.8 Å². The molecule has 2 nitrogen and oxygen atoms in total. The summed E-state index contributed by atoms with van der Waals surface area (Å²) >= 11 is 7.47. The first kappa shape index (κ1) is 15.0. The predicted octanol–water partition coefficient (Wildman–Crippen LogP) is 4.91. The van der Waals surface area contributed by atoms with Crippen LogP contribution in [-0.4, -0.2) is 11.6 Å². The van der Waals surface area contributed by atoms with Crippen LogP contribution >= 0.6 is 22.9 Å². The summed E-state index contributed by atoms with van der Waals surface area (Å²) < 4.78 is 6.12. The lowest BCUT2D eigenvalue weighted by atomic mass is 9.89. The fourth-order valence-electron chi connectivity index (χ4n) is 2.86. The van der Waals surface area contributed by atoms with Gasteiger partial charge in [0.05, 0.1) is 22.7 Å².